The van der Waals surface area contributed by atoms with Crippen molar-refractivity contribution in [1.29, 1.82) is 0 Å². The fourth-order valence-corrected chi connectivity index (χ4v) is 3.60. The minimum atomic E-state index is -3.64. The molecule has 0 fully saturated rings. The van der Waals surface area contributed by atoms with Gasteiger partial charge in [-0.15, -0.1) is 0 Å². The van der Waals surface area contributed by atoms with Crippen molar-refractivity contribution in [3.63, 3.8) is 0 Å². The van der Waals surface area contributed by atoms with Crippen molar-refractivity contribution in [3.8, 4) is 0 Å². The molecule has 0 spiro atoms. The number of hydrogen-bond acceptors (Lipinski definition) is 2. The standard InChI is InChI=1S/C14H14ClNO2S/c1-11-7-3-5-9-13(11)16(2)19(17,18)14-10-6-4-8-12(14)15/h3-10H,1-2H3. The molecular formula is C14H14ClNO2S. The predicted molar refractivity (Wildman–Crippen MR) is 78.2 cm³/mol. The highest BCUT2D eigenvalue weighted by Crippen LogP contribution is 2.28. The SMILES string of the molecule is Cc1ccccc1N(C)S(=O)(=O)c1ccccc1Cl. The number of aryl methyl sites for hydroxylation is 1. The Morgan fingerprint density at radius 1 is 1.00 bits per heavy atom. The maximum atomic E-state index is 12.5. The Bertz CT molecular complexity index is 698. The first-order chi connectivity index (χ1) is 8.94. The lowest BCUT2D eigenvalue weighted by atomic mass is 10.2. The molecule has 0 aliphatic heterocycles. The van der Waals surface area contributed by atoms with Crippen LogP contribution in [-0.2, 0) is 10.0 Å². The van der Waals surface area contributed by atoms with Crippen LogP contribution in [-0.4, -0.2) is 15.5 Å². The fourth-order valence-electron chi connectivity index (χ4n) is 1.85. The molecule has 3 nitrogen and oxygen atoms in total. The van der Waals surface area contributed by atoms with Crippen LogP contribution < -0.4 is 4.31 Å². The summed E-state index contributed by atoms with van der Waals surface area (Å²) in [6, 6.07) is 13.7. The van der Waals surface area contributed by atoms with Gasteiger partial charge in [-0.2, -0.15) is 0 Å². The van der Waals surface area contributed by atoms with Crippen molar-refractivity contribution in [2.24, 2.45) is 0 Å². The summed E-state index contributed by atoms with van der Waals surface area (Å²) >= 11 is 5.97. The molecule has 0 aliphatic carbocycles. The number of para-hydroxylation sites is 1. The Morgan fingerprint density at radius 3 is 2.21 bits per heavy atom. The normalized spacial score (nSPS) is 11.3. The van der Waals surface area contributed by atoms with Crippen LogP contribution in [0.2, 0.25) is 5.02 Å². The van der Waals surface area contributed by atoms with Crippen LogP contribution in [0, 0.1) is 6.92 Å². The lowest BCUT2D eigenvalue weighted by Crippen LogP contribution is -2.27. The highest BCUT2D eigenvalue weighted by Gasteiger charge is 2.24. The van der Waals surface area contributed by atoms with E-state index in [0.717, 1.165) is 5.56 Å². The second-order valence-corrected chi connectivity index (χ2v) is 6.53. The van der Waals surface area contributed by atoms with Crippen molar-refractivity contribution >= 4 is 27.3 Å². The van der Waals surface area contributed by atoms with E-state index in [1.807, 2.05) is 19.1 Å². The van der Waals surface area contributed by atoms with Crippen LogP contribution in [0.3, 0.4) is 0 Å². The molecule has 0 aromatic heterocycles. The van der Waals surface area contributed by atoms with E-state index in [4.69, 9.17) is 11.6 Å². The number of halogens is 1. The summed E-state index contributed by atoms with van der Waals surface area (Å²) in [5, 5.41) is 0.225. The smallest absolute Gasteiger partial charge is 0.265 e. The lowest BCUT2D eigenvalue weighted by molar-refractivity contribution is 0.594. The zero-order chi connectivity index (χ0) is 14.0. The zero-order valence-electron chi connectivity index (χ0n) is 10.7. The van der Waals surface area contributed by atoms with Crippen LogP contribution in [0.5, 0.6) is 0 Å². The van der Waals surface area contributed by atoms with Crippen LogP contribution in [0.25, 0.3) is 0 Å². The van der Waals surface area contributed by atoms with Crippen LogP contribution in [0.1, 0.15) is 5.56 Å². The van der Waals surface area contributed by atoms with E-state index in [1.54, 1.807) is 30.3 Å². The molecule has 0 heterocycles. The Labute approximate surface area is 118 Å². The Hall–Kier alpha value is -1.52. The topological polar surface area (TPSA) is 37.4 Å². The van der Waals surface area contributed by atoms with Crippen LogP contribution in [0.4, 0.5) is 5.69 Å². The second kappa shape index (κ2) is 5.23. The van der Waals surface area contributed by atoms with Crippen LogP contribution in [0.15, 0.2) is 53.4 Å². The van der Waals surface area contributed by atoms with Crippen molar-refractivity contribution in [2.45, 2.75) is 11.8 Å². The molecule has 0 radical (unpaired) electrons. The van der Waals surface area contributed by atoms with Gasteiger partial charge in [0.2, 0.25) is 0 Å². The van der Waals surface area contributed by atoms with E-state index in [2.05, 4.69) is 0 Å². The third-order valence-corrected chi connectivity index (χ3v) is 5.20. The van der Waals surface area contributed by atoms with Gasteiger partial charge in [-0.1, -0.05) is 41.9 Å². The molecule has 2 rings (SSSR count). The van der Waals surface area contributed by atoms with Crippen molar-refractivity contribution in [2.75, 3.05) is 11.4 Å². The molecular weight excluding hydrogens is 282 g/mol. The van der Waals surface area contributed by atoms with Gasteiger partial charge in [0.1, 0.15) is 4.90 Å². The number of nitrogens with zero attached hydrogens (tertiary/aromatic N) is 1. The second-order valence-electron chi connectivity index (χ2n) is 4.19. The molecule has 19 heavy (non-hydrogen) atoms. The van der Waals surface area contributed by atoms with Crippen molar-refractivity contribution in [3.05, 3.63) is 59.1 Å². The van der Waals surface area contributed by atoms with Gasteiger partial charge in [-0.05, 0) is 30.7 Å². The van der Waals surface area contributed by atoms with E-state index in [-0.39, 0.29) is 9.92 Å². The molecule has 0 bridgehead atoms. The van der Waals surface area contributed by atoms with Gasteiger partial charge in [-0.3, -0.25) is 4.31 Å². The molecule has 2 aromatic rings. The predicted octanol–water partition coefficient (Wildman–Crippen LogP) is 3.47. The Balaban J connectivity index is 2.52. The lowest BCUT2D eigenvalue weighted by Gasteiger charge is -2.21. The summed E-state index contributed by atoms with van der Waals surface area (Å²) < 4.78 is 26.3. The summed E-state index contributed by atoms with van der Waals surface area (Å²) in [6.07, 6.45) is 0. The number of hydrogen-bond donors (Lipinski definition) is 0. The largest absolute Gasteiger partial charge is 0.269 e. The monoisotopic (exact) mass is 295 g/mol. The summed E-state index contributed by atoms with van der Waals surface area (Å²) in [5.74, 6) is 0. The number of anilines is 1. The molecule has 0 amide bonds. The van der Waals surface area contributed by atoms with E-state index in [9.17, 15) is 8.42 Å². The van der Waals surface area contributed by atoms with Gasteiger partial charge in [0, 0.05) is 7.05 Å². The van der Waals surface area contributed by atoms with Crippen molar-refractivity contribution < 1.29 is 8.42 Å². The van der Waals surface area contributed by atoms with Gasteiger partial charge >= 0.3 is 0 Å². The number of rotatable bonds is 3. The van der Waals surface area contributed by atoms with Crippen molar-refractivity contribution in [1.82, 2.24) is 0 Å². The minimum Gasteiger partial charge on any atom is -0.269 e. The molecule has 0 aliphatic rings. The number of sulfonamides is 1. The minimum absolute atomic E-state index is 0.113. The third-order valence-electron chi connectivity index (χ3n) is 2.93. The molecule has 5 heteroatoms. The first-order valence-corrected chi connectivity index (χ1v) is 7.55. The quantitative estimate of drug-likeness (QED) is 0.869. The number of benzene rings is 2. The van der Waals surface area contributed by atoms with Crippen LogP contribution >= 0.6 is 11.6 Å². The summed E-state index contributed by atoms with van der Waals surface area (Å²) in [7, 11) is -2.12. The van der Waals surface area contributed by atoms with Gasteiger partial charge in [0.15, 0.2) is 0 Å². The van der Waals surface area contributed by atoms with E-state index < -0.39 is 10.0 Å². The zero-order valence-corrected chi connectivity index (χ0v) is 12.2. The average Bonchev–Trinajstić information content (AvgIpc) is 2.39. The van der Waals surface area contributed by atoms with E-state index in [0.29, 0.717) is 5.69 Å². The molecule has 0 N–H and O–H groups in total. The summed E-state index contributed by atoms with van der Waals surface area (Å²) in [4.78, 5) is 0.113. The third kappa shape index (κ3) is 2.60. The first kappa shape index (κ1) is 13.9. The summed E-state index contributed by atoms with van der Waals surface area (Å²) in [5.41, 5.74) is 1.53. The molecule has 100 valence electrons. The van der Waals surface area contributed by atoms with Gasteiger partial charge in [0.05, 0.1) is 10.7 Å². The molecule has 0 unspecified atom stereocenters. The maximum Gasteiger partial charge on any atom is 0.265 e. The molecule has 0 saturated heterocycles. The Morgan fingerprint density at radius 2 is 1.58 bits per heavy atom. The fraction of sp³-hybridized carbons (Fsp3) is 0.143. The highest BCUT2D eigenvalue weighted by atomic mass is 35.5. The average molecular weight is 296 g/mol. The van der Waals surface area contributed by atoms with Gasteiger partial charge in [0.25, 0.3) is 10.0 Å². The molecule has 0 saturated carbocycles. The molecule has 0 atom stereocenters. The highest BCUT2D eigenvalue weighted by molar-refractivity contribution is 7.93. The van der Waals surface area contributed by atoms with E-state index >= 15 is 0 Å². The van der Waals surface area contributed by atoms with Gasteiger partial charge in [-0.25, -0.2) is 8.42 Å². The van der Waals surface area contributed by atoms with E-state index in [1.165, 1.54) is 17.4 Å². The van der Waals surface area contributed by atoms with Gasteiger partial charge < -0.3 is 0 Å². The first-order valence-electron chi connectivity index (χ1n) is 5.73. The Kier molecular flexibility index (Phi) is 3.83. The summed E-state index contributed by atoms with van der Waals surface area (Å²) in [6.45, 7) is 1.87. The molecule has 2 aromatic carbocycles. The maximum absolute atomic E-state index is 12.5.